The second kappa shape index (κ2) is 16.4. The summed E-state index contributed by atoms with van der Waals surface area (Å²) in [6.07, 6.45) is 6.55. The summed E-state index contributed by atoms with van der Waals surface area (Å²) in [5.74, 6) is 0.617. The molecular weight excluding hydrogens is 827 g/mol. The number of anilines is 3. The first-order valence-corrected chi connectivity index (χ1v) is 24.8. The van der Waals surface area contributed by atoms with E-state index in [1.807, 2.05) is 11.3 Å². The van der Waals surface area contributed by atoms with Gasteiger partial charge in [-0.15, -0.1) is 11.3 Å². The molecule has 0 radical (unpaired) electrons. The molecule has 1 saturated carbocycles. The van der Waals surface area contributed by atoms with Crippen LogP contribution in [-0.4, -0.2) is 0 Å². The van der Waals surface area contributed by atoms with E-state index in [4.69, 9.17) is 0 Å². The highest BCUT2D eigenvalue weighted by Gasteiger charge is 2.46. The summed E-state index contributed by atoms with van der Waals surface area (Å²) in [5, 5.41) is 5.13. The molecule has 2 heteroatoms. The van der Waals surface area contributed by atoms with Crippen LogP contribution in [-0.2, 0) is 5.41 Å². The van der Waals surface area contributed by atoms with Crippen LogP contribution in [0.4, 0.5) is 17.1 Å². The Hall–Kier alpha value is -7.52. The van der Waals surface area contributed by atoms with Gasteiger partial charge < -0.3 is 4.90 Å². The highest BCUT2D eigenvalue weighted by atomic mass is 32.1. The van der Waals surface area contributed by atoms with Gasteiger partial charge in [0.1, 0.15) is 0 Å². The number of fused-ring (bicyclic) bond motifs is 7. The van der Waals surface area contributed by atoms with Crippen LogP contribution in [0.3, 0.4) is 0 Å². The molecule has 67 heavy (non-hydrogen) atoms. The molecule has 0 atom stereocenters. The standard InChI is InChI=1S/C65H49NS/c1-5-17-44(18-6-1)48-33-40-60-59(41-48)56-38-36-52(42-61(56)65(60,49-23-9-3-10-24-49)50-25-11-4-12-26-50)66(53-37-39-58-57-27-13-14-30-62(57)67-63(58)43-53)51-34-31-46(32-35-51)55-29-16-22-47-21-15-28-54(64(47)55)45-19-7-2-8-20-45/h2-4,7-16,19-44H,1,5-6,17-18H2. The van der Waals surface area contributed by atoms with E-state index in [2.05, 4.69) is 235 Å². The summed E-state index contributed by atoms with van der Waals surface area (Å²) < 4.78 is 2.60. The molecule has 1 aromatic heterocycles. The van der Waals surface area contributed by atoms with Crippen molar-refractivity contribution in [2.45, 2.75) is 43.4 Å². The fraction of sp³-hybridized carbons (Fsp3) is 0.108. The molecule has 1 nitrogen and oxygen atoms in total. The molecule has 13 rings (SSSR count). The van der Waals surface area contributed by atoms with E-state index in [1.165, 1.54) is 124 Å². The van der Waals surface area contributed by atoms with Crippen LogP contribution in [0.15, 0.2) is 231 Å². The maximum absolute atomic E-state index is 2.57. The Morgan fingerprint density at radius 2 is 0.985 bits per heavy atom. The first-order chi connectivity index (χ1) is 33.2. The van der Waals surface area contributed by atoms with Gasteiger partial charge in [-0.05, 0) is 133 Å². The van der Waals surface area contributed by atoms with Crippen molar-refractivity contribution in [2.24, 2.45) is 0 Å². The zero-order valence-corrected chi connectivity index (χ0v) is 38.2. The smallest absolute Gasteiger partial charge is 0.0714 e. The lowest BCUT2D eigenvalue weighted by atomic mass is 9.67. The van der Waals surface area contributed by atoms with Crippen molar-refractivity contribution in [3.63, 3.8) is 0 Å². The highest BCUT2D eigenvalue weighted by molar-refractivity contribution is 7.25. The molecule has 11 aromatic rings. The summed E-state index contributed by atoms with van der Waals surface area (Å²) in [6, 6.07) is 86.7. The Morgan fingerprint density at radius 3 is 1.70 bits per heavy atom. The number of hydrogen-bond acceptors (Lipinski definition) is 2. The molecule has 2 aliphatic carbocycles. The van der Waals surface area contributed by atoms with Gasteiger partial charge in [0.2, 0.25) is 0 Å². The van der Waals surface area contributed by atoms with Crippen molar-refractivity contribution in [3.8, 4) is 33.4 Å². The number of nitrogens with zero attached hydrogens (tertiary/aromatic N) is 1. The van der Waals surface area contributed by atoms with E-state index in [9.17, 15) is 0 Å². The van der Waals surface area contributed by atoms with Crippen molar-refractivity contribution >= 4 is 59.3 Å². The van der Waals surface area contributed by atoms with Crippen LogP contribution in [0.2, 0.25) is 0 Å². The molecule has 0 amide bonds. The normalized spacial score (nSPS) is 14.3. The third-order valence-corrected chi connectivity index (χ3v) is 16.1. The fourth-order valence-electron chi connectivity index (χ4n) is 11.9. The average Bonchev–Trinajstić information content (AvgIpc) is 3.92. The number of hydrogen-bond donors (Lipinski definition) is 0. The minimum absolute atomic E-state index is 0.510. The van der Waals surface area contributed by atoms with Gasteiger partial charge in [0.25, 0.3) is 0 Å². The van der Waals surface area contributed by atoms with Gasteiger partial charge in [-0.3, -0.25) is 0 Å². The zero-order chi connectivity index (χ0) is 44.3. The van der Waals surface area contributed by atoms with Crippen LogP contribution in [0.5, 0.6) is 0 Å². The monoisotopic (exact) mass is 875 g/mol. The Balaban J connectivity index is 1.02. The maximum Gasteiger partial charge on any atom is 0.0714 e. The summed E-state index contributed by atoms with van der Waals surface area (Å²) in [7, 11) is 0. The maximum atomic E-state index is 2.57. The summed E-state index contributed by atoms with van der Waals surface area (Å²) in [5.41, 5.74) is 17.3. The number of benzene rings is 10. The van der Waals surface area contributed by atoms with Crippen LogP contribution < -0.4 is 4.90 Å². The van der Waals surface area contributed by atoms with Gasteiger partial charge in [-0.2, -0.15) is 0 Å². The van der Waals surface area contributed by atoms with E-state index >= 15 is 0 Å². The lowest BCUT2D eigenvalue weighted by Crippen LogP contribution is -2.28. The minimum atomic E-state index is -0.510. The molecule has 0 unspecified atom stereocenters. The van der Waals surface area contributed by atoms with Crippen molar-refractivity contribution in [1.29, 1.82) is 0 Å². The van der Waals surface area contributed by atoms with Crippen LogP contribution in [0, 0.1) is 0 Å². The summed E-state index contributed by atoms with van der Waals surface area (Å²) in [4.78, 5) is 2.49. The molecule has 0 aliphatic heterocycles. The summed E-state index contributed by atoms with van der Waals surface area (Å²) >= 11 is 1.88. The van der Waals surface area contributed by atoms with Gasteiger partial charge in [0, 0.05) is 37.2 Å². The van der Waals surface area contributed by atoms with Gasteiger partial charge in [-0.25, -0.2) is 0 Å². The van der Waals surface area contributed by atoms with E-state index in [1.54, 1.807) is 0 Å². The quantitative estimate of drug-likeness (QED) is 0.147. The van der Waals surface area contributed by atoms with Crippen LogP contribution in [0.1, 0.15) is 65.8 Å². The number of rotatable bonds is 8. The van der Waals surface area contributed by atoms with Crippen LogP contribution >= 0.6 is 11.3 Å². The predicted octanol–water partition coefficient (Wildman–Crippen LogP) is 18.4. The minimum Gasteiger partial charge on any atom is -0.310 e. The SMILES string of the molecule is c1ccc(-c2cccc3cccc(-c4ccc(N(c5ccc6c(c5)C(c5ccccc5)(c5ccccc5)c5ccc(C7CCCCC7)cc5-6)c5ccc6c(c5)sc5ccccc56)cc4)c23)cc1. The Kier molecular flexibility index (Phi) is 9.76. The molecular formula is C65H49NS. The lowest BCUT2D eigenvalue weighted by molar-refractivity contribution is 0.443. The molecule has 10 aromatic carbocycles. The third kappa shape index (κ3) is 6.57. The molecule has 320 valence electrons. The first-order valence-electron chi connectivity index (χ1n) is 24.0. The van der Waals surface area contributed by atoms with E-state index in [0.29, 0.717) is 5.92 Å². The van der Waals surface area contributed by atoms with Crippen molar-refractivity contribution in [3.05, 3.63) is 258 Å². The van der Waals surface area contributed by atoms with Gasteiger partial charge in [-0.1, -0.05) is 207 Å². The second-order valence-electron chi connectivity index (χ2n) is 18.6. The Bertz CT molecular complexity index is 3560. The van der Waals surface area contributed by atoms with Gasteiger partial charge >= 0.3 is 0 Å². The van der Waals surface area contributed by atoms with E-state index in [-0.39, 0.29) is 0 Å². The molecule has 1 fully saturated rings. The molecule has 0 spiro atoms. The topological polar surface area (TPSA) is 3.24 Å². The molecule has 0 saturated heterocycles. The largest absolute Gasteiger partial charge is 0.310 e. The zero-order valence-electron chi connectivity index (χ0n) is 37.4. The van der Waals surface area contributed by atoms with E-state index in [0.717, 1.165) is 17.1 Å². The fourth-order valence-corrected chi connectivity index (χ4v) is 13.0. The number of thiophene rings is 1. The Labute approximate surface area is 397 Å². The van der Waals surface area contributed by atoms with E-state index < -0.39 is 5.41 Å². The first kappa shape index (κ1) is 39.8. The van der Waals surface area contributed by atoms with Crippen molar-refractivity contribution in [2.75, 3.05) is 4.90 Å². The van der Waals surface area contributed by atoms with Gasteiger partial charge in [0.15, 0.2) is 0 Å². The molecule has 0 N–H and O–H groups in total. The summed E-state index contributed by atoms with van der Waals surface area (Å²) in [6.45, 7) is 0. The lowest BCUT2D eigenvalue weighted by Gasteiger charge is -2.35. The molecule has 1 heterocycles. The van der Waals surface area contributed by atoms with Crippen molar-refractivity contribution < 1.29 is 0 Å². The Morgan fingerprint density at radius 1 is 0.388 bits per heavy atom. The highest BCUT2D eigenvalue weighted by Crippen LogP contribution is 2.58. The van der Waals surface area contributed by atoms with Crippen molar-refractivity contribution in [1.82, 2.24) is 0 Å². The molecule has 2 aliphatic rings. The predicted molar refractivity (Wildman–Crippen MR) is 286 cm³/mol. The third-order valence-electron chi connectivity index (χ3n) is 14.9. The average molecular weight is 876 g/mol. The van der Waals surface area contributed by atoms with Crippen LogP contribution in [0.25, 0.3) is 64.3 Å². The van der Waals surface area contributed by atoms with Gasteiger partial charge in [0.05, 0.1) is 5.41 Å². The second-order valence-corrected chi connectivity index (χ2v) is 19.7. The molecule has 0 bridgehead atoms.